The second kappa shape index (κ2) is 6.76. The molecule has 0 saturated heterocycles. The standard InChI is InChI=1S/C11H18FIN2/c1-7(2)15-9(4)10(13-5)6-11(14)8(3)12/h6-7,15H,4-5,14H2,1-3H3/b10-6-,11-8-. The quantitative estimate of drug-likeness (QED) is 0.603. The molecule has 3 N–H and O–H groups in total. The first-order valence-corrected chi connectivity index (χ1v) is 7.16. The first-order chi connectivity index (χ1) is 6.88. The van der Waals surface area contributed by atoms with E-state index in [1.165, 1.54) is 6.92 Å². The SMILES string of the molecule is C=I/C(=C\C(N)=C(/C)F)C(=C)NC(C)C. The molecule has 0 heterocycles. The Morgan fingerprint density at radius 2 is 2.07 bits per heavy atom. The third-order valence-corrected chi connectivity index (χ3v) is 3.36. The average molecular weight is 324 g/mol. The fraction of sp³-hybridized carbons (Fsp3) is 0.364. The number of hydrogen-bond donors (Lipinski definition) is 2. The van der Waals surface area contributed by atoms with Crippen molar-refractivity contribution in [1.82, 2.24) is 5.32 Å². The molecule has 0 aliphatic rings. The Morgan fingerprint density at radius 3 is 2.40 bits per heavy atom. The van der Waals surface area contributed by atoms with Gasteiger partial charge in [-0.05, 0) is 26.8 Å². The van der Waals surface area contributed by atoms with Gasteiger partial charge in [0.25, 0.3) is 0 Å². The minimum Gasteiger partial charge on any atom is -0.397 e. The Kier molecular flexibility index (Phi) is 6.47. The van der Waals surface area contributed by atoms with Gasteiger partial charge in [-0.25, -0.2) is 4.39 Å². The second-order valence-corrected chi connectivity index (χ2v) is 5.32. The van der Waals surface area contributed by atoms with E-state index in [4.69, 9.17) is 5.73 Å². The number of hydrogen-bond acceptors (Lipinski definition) is 2. The summed E-state index contributed by atoms with van der Waals surface area (Å²) in [5.41, 5.74) is 6.45. The van der Waals surface area contributed by atoms with Crippen LogP contribution in [-0.2, 0) is 0 Å². The summed E-state index contributed by atoms with van der Waals surface area (Å²) in [6.07, 6.45) is 1.62. The van der Waals surface area contributed by atoms with E-state index in [-0.39, 0.29) is 11.5 Å². The first-order valence-electron chi connectivity index (χ1n) is 4.56. The van der Waals surface area contributed by atoms with E-state index in [1.54, 1.807) is 6.08 Å². The van der Waals surface area contributed by atoms with Crippen LogP contribution >= 0.6 is 20.7 Å². The zero-order valence-electron chi connectivity index (χ0n) is 9.40. The number of allylic oxidation sites excluding steroid dienone is 3. The van der Waals surface area contributed by atoms with Gasteiger partial charge in [0.05, 0.1) is 5.70 Å². The molecular weight excluding hydrogens is 306 g/mol. The Morgan fingerprint density at radius 1 is 1.53 bits per heavy atom. The van der Waals surface area contributed by atoms with E-state index >= 15 is 0 Å². The summed E-state index contributed by atoms with van der Waals surface area (Å²) in [5.74, 6) is -0.373. The van der Waals surface area contributed by atoms with Gasteiger partial charge >= 0.3 is 0 Å². The maximum absolute atomic E-state index is 12.8. The van der Waals surface area contributed by atoms with Crippen LogP contribution in [0.4, 0.5) is 4.39 Å². The summed E-state index contributed by atoms with van der Waals surface area (Å²) >= 11 is -0.422. The molecule has 0 aromatic heterocycles. The van der Waals surface area contributed by atoms with E-state index in [0.29, 0.717) is 6.04 Å². The molecule has 0 aromatic rings. The Balaban J connectivity index is 4.85. The Bertz CT molecular complexity index is 313. The van der Waals surface area contributed by atoms with Gasteiger partial charge in [-0.2, -0.15) is 0 Å². The van der Waals surface area contributed by atoms with Crippen molar-refractivity contribution in [3.8, 4) is 0 Å². The molecule has 0 saturated carbocycles. The monoisotopic (exact) mass is 324 g/mol. The molecule has 2 nitrogen and oxygen atoms in total. The molecule has 15 heavy (non-hydrogen) atoms. The van der Waals surface area contributed by atoms with Gasteiger partial charge in [-0.15, -0.1) is 0 Å². The average Bonchev–Trinajstić information content (AvgIpc) is 2.11. The summed E-state index contributed by atoms with van der Waals surface area (Å²) < 4.78 is 17.6. The third kappa shape index (κ3) is 5.71. The van der Waals surface area contributed by atoms with Crippen molar-refractivity contribution in [2.75, 3.05) is 0 Å². The number of nitrogens with one attached hydrogen (secondary N) is 1. The molecule has 0 radical (unpaired) electrons. The van der Waals surface area contributed by atoms with Crippen LogP contribution in [0, 0.1) is 0 Å². The molecular formula is C11H18FIN2. The van der Waals surface area contributed by atoms with Crippen LogP contribution in [0.25, 0.3) is 0 Å². The van der Waals surface area contributed by atoms with Gasteiger partial charge in [-0.3, -0.25) is 0 Å². The third-order valence-electron chi connectivity index (χ3n) is 1.58. The highest BCUT2D eigenvalue weighted by Crippen LogP contribution is 2.21. The highest BCUT2D eigenvalue weighted by molar-refractivity contribution is 14.2. The fourth-order valence-corrected chi connectivity index (χ4v) is 2.03. The number of rotatable bonds is 5. The van der Waals surface area contributed by atoms with E-state index in [0.717, 1.165) is 9.28 Å². The van der Waals surface area contributed by atoms with Crippen molar-refractivity contribution in [3.05, 3.63) is 33.5 Å². The molecule has 0 bridgehead atoms. The fourth-order valence-electron chi connectivity index (χ4n) is 0.860. The molecule has 0 fully saturated rings. The molecule has 0 aromatic carbocycles. The second-order valence-electron chi connectivity index (χ2n) is 3.39. The lowest BCUT2D eigenvalue weighted by atomic mass is 10.3. The van der Waals surface area contributed by atoms with Crippen molar-refractivity contribution >= 4 is 25.2 Å². The van der Waals surface area contributed by atoms with Crippen molar-refractivity contribution < 1.29 is 4.39 Å². The first kappa shape index (κ1) is 14.3. The zero-order valence-corrected chi connectivity index (χ0v) is 11.6. The maximum atomic E-state index is 12.8. The Labute approximate surface area is 101 Å². The smallest absolute Gasteiger partial charge is 0.120 e. The summed E-state index contributed by atoms with van der Waals surface area (Å²) in [6, 6.07) is 0.299. The van der Waals surface area contributed by atoms with Gasteiger partial charge in [0, 0.05) is 15.3 Å². The van der Waals surface area contributed by atoms with Crippen molar-refractivity contribution in [1.29, 1.82) is 0 Å². The van der Waals surface area contributed by atoms with Crippen LogP contribution in [0.2, 0.25) is 0 Å². The molecule has 0 atom stereocenters. The molecule has 4 heteroatoms. The largest absolute Gasteiger partial charge is 0.397 e. The van der Waals surface area contributed by atoms with Gasteiger partial charge in [-0.1, -0.05) is 31.8 Å². The lowest BCUT2D eigenvalue weighted by Crippen LogP contribution is -2.21. The number of halogens is 2. The summed E-state index contributed by atoms with van der Waals surface area (Å²) in [5, 5.41) is 3.16. The van der Waals surface area contributed by atoms with E-state index in [2.05, 4.69) is 16.4 Å². The predicted octanol–water partition coefficient (Wildman–Crippen LogP) is 2.94. The summed E-state index contributed by atoms with van der Waals surface area (Å²) in [7, 11) is 0. The van der Waals surface area contributed by atoms with Crippen LogP contribution in [0.5, 0.6) is 0 Å². The van der Waals surface area contributed by atoms with Crippen molar-refractivity contribution in [2.24, 2.45) is 5.73 Å². The topological polar surface area (TPSA) is 38.0 Å². The molecule has 0 spiro atoms. The highest BCUT2D eigenvalue weighted by Gasteiger charge is 2.02. The minimum absolute atomic E-state index is 0.153. The highest BCUT2D eigenvalue weighted by atomic mass is 127. The summed E-state index contributed by atoms with van der Waals surface area (Å²) in [6.45, 7) is 9.26. The van der Waals surface area contributed by atoms with Crippen molar-refractivity contribution in [2.45, 2.75) is 26.8 Å². The van der Waals surface area contributed by atoms with E-state index in [9.17, 15) is 4.39 Å². The Hall–Kier alpha value is -0.650. The summed E-state index contributed by atoms with van der Waals surface area (Å²) in [4.78, 5) is 0. The van der Waals surface area contributed by atoms with Gasteiger partial charge in [0.1, 0.15) is 5.83 Å². The van der Waals surface area contributed by atoms with Crippen LogP contribution in [0.3, 0.4) is 0 Å². The van der Waals surface area contributed by atoms with E-state index < -0.39 is 20.7 Å². The minimum atomic E-state index is -0.422. The van der Waals surface area contributed by atoms with Crippen LogP contribution < -0.4 is 11.1 Å². The van der Waals surface area contributed by atoms with Crippen molar-refractivity contribution in [3.63, 3.8) is 0 Å². The van der Waals surface area contributed by atoms with Crippen LogP contribution in [0.1, 0.15) is 20.8 Å². The molecule has 86 valence electrons. The zero-order chi connectivity index (χ0) is 12.0. The predicted molar refractivity (Wildman–Crippen MR) is 74.6 cm³/mol. The molecule has 0 aliphatic carbocycles. The molecule has 0 amide bonds. The molecule has 0 unspecified atom stereocenters. The molecule has 0 aliphatic heterocycles. The normalized spacial score (nSPS) is 13.8. The van der Waals surface area contributed by atoms with Crippen LogP contribution in [-0.4, -0.2) is 10.6 Å². The van der Waals surface area contributed by atoms with Gasteiger partial charge in [0.15, 0.2) is 0 Å². The van der Waals surface area contributed by atoms with Gasteiger partial charge < -0.3 is 11.1 Å². The molecule has 0 rings (SSSR count). The number of nitrogens with two attached hydrogens (primary N) is 1. The lowest BCUT2D eigenvalue weighted by Gasteiger charge is -2.13. The van der Waals surface area contributed by atoms with Crippen LogP contribution in [0.15, 0.2) is 33.5 Å². The van der Waals surface area contributed by atoms with Gasteiger partial charge in [0.2, 0.25) is 0 Å². The maximum Gasteiger partial charge on any atom is 0.120 e. The lowest BCUT2D eigenvalue weighted by molar-refractivity contribution is 0.629. The van der Waals surface area contributed by atoms with E-state index in [1.807, 2.05) is 13.8 Å².